The fourth-order valence-corrected chi connectivity index (χ4v) is 2.06. The van der Waals surface area contributed by atoms with Gasteiger partial charge in [-0.15, -0.1) is 0 Å². The zero-order valence-corrected chi connectivity index (χ0v) is 13.1. The Morgan fingerprint density at radius 3 is 2.64 bits per heavy atom. The number of amides is 1. The van der Waals surface area contributed by atoms with E-state index in [4.69, 9.17) is 4.74 Å². The molecule has 0 aliphatic heterocycles. The molecule has 1 heterocycles. The maximum atomic E-state index is 12.1. The minimum atomic E-state index is -0.206. The Morgan fingerprint density at radius 2 is 2.00 bits per heavy atom. The van der Waals surface area contributed by atoms with Gasteiger partial charge in [0.1, 0.15) is 11.4 Å². The minimum Gasteiger partial charge on any atom is -0.496 e. The van der Waals surface area contributed by atoms with Crippen LogP contribution in [0.3, 0.4) is 0 Å². The van der Waals surface area contributed by atoms with Crippen molar-refractivity contribution in [2.75, 3.05) is 12.4 Å². The van der Waals surface area contributed by atoms with Crippen molar-refractivity contribution >= 4 is 11.6 Å². The number of methoxy groups -OCH3 is 1. The first-order valence-electron chi connectivity index (χ1n) is 7.23. The number of ether oxygens (including phenoxy) is 1. The summed E-state index contributed by atoms with van der Waals surface area (Å²) >= 11 is 0. The highest BCUT2D eigenvalue weighted by atomic mass is 16.5. The van der Waals surface area contributed by atoms with Gasteiger partial charge >= 0.3 is 0 Å². The Kier molecular flexibility index (Phi) is 5.36. The van der Waals surface area contributed by atoms with Crippen LogP contribution in [0, 0.1) is 0 Å². The number of aromatic nitrogens is 1. The van der Waals surface area contributed by atoms with Crippen molar-refractivity contribution in [1.29, 1.82) is 0 Å². The van der Waals surface area contributed by atoms with Gasteiger partial charge in [0, 0.05) is 18.2 Å². The molecule has 1 amide bonds. The Morgan fingerprint density at radius 1 is 1.23 bits per heavy atom. The zero-order chi connectivity index (χ0) is 15.9. The fraction of sp³-hybridized carbons (Fsp3) is 0.294. The quantitative estimate of drug-likeness (QED) is 0.861. The van der Waals surface area contributed by atoms with Crippen LogP contribution in [-0.2, 0) is 6.54 Å². The first kappa shape index (κ1) is 15.8. The molecular weight excluding hydrogens is 278 g/mol. The highest BCUT2D eigenvalue weighted by Gasteiger charge is 2.09. The maximum Gasteiger partial charge on any atom is 0.270 e. The van der Waals surface area contributed by atoms with E-state index in [0.717, 1.165) is 17.0 Å². The molecule has 0 radical (unpaired) electrons. The van der Waals surface area contributed by atoms with Gasteiger partial charge in [0.15, 0.2) is 0 Å². The normalized spacial score (nSPS) is 10.4. The summed E-state index contributed by atoms with van der Waals surface area (Å²) in [5.41, 5.74) is 2.22. The molecule has 0 saturated carbocycles. The molecule has 2 rings (SSSR count). The molecule has 5 heteroatoms. The van der Waals surface area contributed by atoms with Crippen LogP contribution in [0.25, 0.3) is 0 Å². The molecule has 116 valence electrons. The van der Waals surface area contributed by atoms with Gasteiger partial charge in [-0.1, -0.05) is 18.2 Å². The van der Waals surface area contributed by atoms with Gasteiger partial charge < -0.3 is 15.4 Å². The standard InChI is InChI=1S/C17H21N3O2/c1-12(2)20-14-8-9-15(18-11-14)17(21)19-10-13-6-4-5-7-16(13)22-3/h4-9,11-12,20H,10H2,1-3H3,(H,19,21). The summed E-state index contributed by atoms with van der Waals surface area (Å²) in [7, 11) is 1.61. The van der Waals surface area contributed by atoms with Crippen LogP contribution >= 0.6 is 0 Å². The van der Waals surface area contributed by atoms with Crippen molar-refractivity contribution in [2.24, 2.45) is 0 Å². The summed E-state index contributed by atoms with van der Waals surface area (Å²) < 4.78 is 5.26. The third-order valence-electron chi connectivity index (χ3n) is 3.08. The third-order valence-corrected chi connectivity index (χ3v) is 3.08. The molecule has 0 aliphatic rings. The van der Waals surface area contributed by atoms with E-state index in [-0.39, 0.29) is 5.91 Å². The van der Waals surface area contributed by atoms with E-state index < -0.39 is 0 Å². The summed E-state index contributed by atoms with van der Waals surface area (Å²) in [5.74, 6) is 0.550. The number of carbonyl (C=O) groups is 1. The topological polar surface area (TPSA) is 63.2 Å². The molecule has 0 fully saturated rings. The van der Waals surface area contributed by atoms with E-state index in [1.807, 2.05) is 44.2 Å². The number of nitrogens with one attached hydrogen (secondary N) is 2. The summed E-state index contributed by atoms with van der Waals surface area (Å²) in [4.78, 5) is 16.3. The molecule has 1 aromatic carbocycles. The number of para-hydroxylation sites is 1. The van der Waals surface area contributed by atoms with Gasteiger partial charge in [-0.05, 0) is 32.0 Å². The van der Waals surface area contributed by atoms with Gasteiger partial charge in [-0.2, -0.15) is 0 Å². The molecule has 1 aromatic heterocycles. The van der Waals surface area contributed by atoms with Gasteiger partial charge in [-0.3, -0.25) is 4.79 Å². The lowest BCUT2D eigenvalue weighted by Gasteiger charge is -2.11. The molecule has 0 saturated heterocycles. The summed E-state index contributed by atoms with van der Waals surface area (Å²) in [6.45, 7) is 4.50. The van der Waals surface area contributed by atoms with Gasteiger partial charge in [0.05, 0.1) is 19.0 Å². The second-order valence-electron chi connectivity index (χ2n) is 5.23. The van der Waals surface area contributed by atoms with Gasteiger partial charge in [0.25, 0.3) is 5.91 Å². The number of pyridine rings is 1. The number of nitrogens with zero attached hydrogens (tertiary/aromatic N) is 1. The molecule has 0 atom stereocenters. The van der Waals surface area contributed by atoms with E-state index in [9.17, 15) is 4.79 Å². The van der Waals surface area contributed by atoms with Crippen LogP contribution in [0.2, 0.25) is 0 Å². The molecule has 0 aliphatic carbocycles. The van der Waals surface area contributed by atoms with Crippen molar-refractivity contribution < 1.29 is 9.53 Å². The van der Waals surface area contributed by atoms with E-state index in [2.05, 4.69) is 15.6 Å². The summed E-state index contributed by atoms with van der Waals surface area (Å²) in [6, 6.07) is 11.5. The van der Waals surface area contributed by atoms with E-state index >= 15 is 0 Å². The largest absolute Gasteiger partial charge is 0.496 e. The summed E-state index contributed by atoms with van der Waals surface area (Å²) in [6.07, 6.45) is 1.66. The van der Waals surface area contributed by atoms with Crippen molar-refractivity contribution in [2.45, 2.75) is 26.4 Å². The van der Waals surface area contributed by atoms with E-state index in [1.54, 1.807) is 19.4 Å². The smallest absolute Gasteiger partial charge is 0.270 e. The SMILES string of the molecule is COc1ccccc1CNC(=O)c1ccc(NC(C)C)cn1. The average molecular weight is 299 g/mol. The first-order valence-corrected chi connectivity index (χ1v) is 7.23. The average Bonchev–Trinajstić information content (AvgIpc) is 2.53. The molecule has 2 N–H and O–H groups in total. The molecule has 5 nitrogen and oxygen atoms in total. The second-order valence-corrected chi connectivity index (χ2v) is 5.23. The number of carbonyl (C=O) groups excluding carboxylic acids is 1. The Labute approximate surface area is 130 Å². The van der Waals surface area contributed by atoms with Crippen LogP contribution < -0.4 is 15.4 Å². The Balaban J connectivity index is 1.97. The lowest BCUT2D eigenvalue weighted by Crippen LogP contribution is -2.24. The number of hydrogen-bond donors (Lipinski definition) is 2. The van der Waals surface area contributed by atoms with Crippen LogP contribution in [0.5, 0.6) is 5.75 Å². The summed E-state index contributed by atoms with van der Waals surface area (Å²) in [5, 5.41) is 6.08. The highest BCUT2D eigenvalue weighted by Crippen LogP contribution is 2.16. The van der Waals surface area contributed by atoms with Gasteiger partial charge in [-0.25, -0.2) is 4.98 Å². The first-order chi connectivity index (χ1) is 10.6. The van der Waals surface area contributed by atoms with Crippen molar-refractivity contribution in [3.05, 3.63) is 53.9 Å². The van der Waals surface area contributed by atoms with E-state index in [1.165, 1.54) is 0 Å². The molecular formula is C17H21N3O2. The van der Waals surface area contributed by atoms with Crippen LogP contribution in [0.1, 0.15) is 29.9 Å². The Bertz CT molecular complexity index is 624. The number of anilines is 1. The highest BCUT2D eigenvalue weighted by molar-refractivity contribution is 5.92. The van der Waals surface area contributed by atoms with Crippen molar-refractivity contribution in [1.82, 2.24) is 10.3 Å². The monoisotopic (exact) mass is 299 g/mol. The molecule has 2 aromatic rings. The molecule has 0 unspecified atom stereocenters. The number of benzene rings is 1. The lowest BCUT2D eigenvalue weighted by molar-refractivity contribution is 0.0946. The minimum absolute atomic E-state index is 0.206. The predicted octanol–water partition coefficient (Wildman–Crippen LogP) is 2.84. The lowest BCUT2D eigenvalue weighted by atomic mass is 10.2. The van der Waals surface area contributed by atoms with Crippen LogP contribution in [0.15, 0.2) is 42.6 Å². The zero-order valence-electron chi connectivity index (χ0n) is 13.1. The molecule has 22 heavy (non-hydrogen) atoms. The Hall–Kier alpha value is -2.56. The van der Waals surface area contributed by atoms with E-state index in [0.29, 0.717) is 18.3 Å². The predicted molar refractivity (Wildman–Crippen MR) is 87.2 cm³/mol. The van der Waals surface area contributed by atoms with Crippen molar-refractivity contribution in [3.63, 3.8) is 0 Å². The number of rotatable bonds is 6. The second kappa shape index (κ2) is 7.45. The van der Waals surface area contributed by atoms with Crippen LogP contribution in [0.4, 0.5) is 5.69 Å². The van der Waals surface area contributed by atoms with Gasteiger partial charge in [0.2, 0.25) is 0 Å². The maximum absolute atomic E-state index is 12.1. The third kappa shape index (κ3) is 4.22. The van der Waals surface area contributed by atoms with Crippen LogP contribution in [-0.4, -0.2) is 24.0 Å². The molecule has 0 spiro atoms. The molecule has 0 bridgehead atoms. The number of hydrogen-bond acceptors (Lipinski definition) is 4. The fourth-order valence-electron chi connectivity index (χ4n) is 2.06. The van der Waals surface area contributed by atoms with Crippen molar-refractivity contribution in [3.8, 4) is 5.75 Å².